The monoisotopic (exact) mass is 385 g/mol. The maximum Gasteiger partial charge on any atom is 0.331 e. The summed E-state index contributed by atoms with van der Waals surface area (Å²) in [4.78, 5) is 25.6. The van der Waals surface area contributed by atoms with Crippen LogP contribution in [-0.2, 0) is 20.9 Å². The number of fused-ring (bicyclic) bond motifs is 1. The molecular weight excluding hydrogens is 365 g/mol. The summed E-state index contributed by atoms with van der Waals surface area (Å²) in [5, 5.41) is 0. The van der Waals surface area contributed by atoms with Crippen LogP contribution >= 0.6 is 0 Å². The van der Waals surface area contributed by atoms with Crippen molar-refractivity contribution in [3.05, 3.63) is 65.5 Å². The van der Waals surface area contributed by atoms with Crippen molar-refractivity contribution in [3.8, 4) is 11.5 Å². The molecule has 28 heavy (non-hydrogen) atoms. The van der Waals surface area contributed by atoms with Crippen molar-refractivity contribution in [3.63, 3.8) is 0 Å². The van der Waals surface area contributed by atoms with Gasteiger partial charge < -0.3 is 19.1 Å². The van der Waals surface area contributed by atoms with Crippen LogP contribution < -0.4 is 9.47 Å². The molecule has 0 radical (unpaired) electrons. The zero-order valence-electron chi connectivity index (χ0n) is 15.4. The van der Waals surface area contributed by atoms with Gasteiger partial charge in [0.1, 0.15) is 5.82 Å². The molecule has 0 fully saturated rings. The molecule has 0 bridgehead atoms. The summed E-state index contributed by atoms with van der Waals surface area (Å²) >= 11 is 0. The Labute approximate surface area is 162 Å². The first-order valence-electron chi connectivity index (χ1n) is 8.82. The number of ether oxygens (including phenoxy) is 3. The molecule has 6 nitrogen and oxygen atoms in total. The summed E-state index contributed by atoms with van der Waals surface area (Å²) in [5.41, 5.74) is 1.41. The van der Waals surface area contributed by atoms with Gasteiger partial charge in [-0.15, -0.1) is 0 Å². The molecule has 0 atom stereocenters. The molecule has 1 aliphatic rings. The fraction of sp³-hybridized carbons (Fsp3) is 0.238. The van der Waals surface area contributed by atoms with E-state index in [-0.39, 0.29) is 31.7 Å². The number of benzene rings is 2. The van der Waals surface area contributed by atoms with Crippen LogP contribution in [0.1, 0.15) is 18.1 Å². The fourth-order valence-electron chi connectivity index (χ4n) is 2.69. The van der Waals surface area contributed by atoms with Crippen LogP contribution in [0.15, 0.2) is 48.5 Å². The Morgan fingerprint density at radius 1 is 1.18 bits per heavy atom. The van der Waals surface area contributed by atoms with Crippen molar-refractivity contribution in [2.24, 2.45) is 0 Å². The number of hydrogen-bond donors (Lipinski definition) is 0. The number of carbonyl (C=O) groups is 2. The van der Waals surface area contributed by atoms with Crippen LogP contribution in [0.25, 0.3) is 6.08 Å². The van der Waals surface area contributed by atoms with E-state index in [2.05, 4.69) is 0 Å². The zero-order chi connectivity index (χ0) is 19.9. The smallest absolute Gasteiger partial charge is 0.331 e. The minimum absolute atomic E-state index is 0.177. The van der Waals surface area contributed by atoms with Crippen LogP contribution in [0.4, 0.5) is 4.39 Å². The summed E-state index contributed by atoms with van der Waals surface area (Å²) in [6.07, 6.45) is 2.81. The summed E-state index contributed by atoms with van der Waals surface area (Å²) in [7, 11) is 0. The van der Waals surface area contributed by atoms with E-state index >= 15 is 0 Å². The van der Waals surface area contributed by atoms with Crippen LogP contribution in [-0.4, -0.2) is 36.7 Å². The Balaban J connectivity index is 1.50. The van der Waals surface area contributed by atoms with Crippen molar-refractivity contribution >= 4 is 18.0 Å². The van der Waals surface area contributed by atoms with Crippen LogP contribution in [0.2, 0.25) is 0 Å². The third kappa shape index (κ3) is 5.09. The lowest BCUT2D eigenvalue weighted by Gasteiger charge is -2.20. The van der Waals surface area contributed by atoms with E-state index < -0.39 is 5.97 Å². The Morgan fingerprint density at radius 3 is 2.79 bits per heavy atom. The van der Waals surface area contributed by atoms with E-state index in [0.717, 1.165) is 5.56 Å². The fourth-order valence-corrected chi connectivity index (χ4v) is 2.69. The molecule has 0 N–H and O–H groups in total. The molecule has 2 aromatic rings. The minimum atomic E-state index is -0.632. The van der Waals surface area contributed by atoms with E-state index in [0.29, 0.717) is 23.6 Å². The SMILES string of the molecule is CCN(Cc1cccc(F)c1)C(=O)COC(=O)/C=C/c1ccc2c(c1)OCO2. The molecule has 0 saturated carbocycles. The standard InChI is InChI=1S/C21H20FNO5/c1-2-23(12-16-4-3-5-17(22)10-16)20(24)13-26-21(25)9-7-15-6-8-18-19(11-15)28-14-27-18/h3-11H,2,12-14H2,1H3/b9-7+. The predicted octanol–water partition coefficient (Wildman–Crippen LogP) is 3.16. The third-order valence-corrected chi connectivity index (χ3v) is 4.14. The second kappa shape index (κ2) is 9.03. The molecule has 146 valence electrons. The number of hydrogen-bond acceptors (Lipinski definition) is 5. The molecule has 0 unspecified atom stereocenters. The van der Waals surface area contributed by atoms with Gasteiger partial charge in [0.25, 0.3) is 5.91 Å². The second-order valence-electron chi connectivity index (χ2n) is 6.09. The molecule has 2 aromatic carbocycles. The predicted molar refractivity (Wildman–Crippen MR) is 100 cm³/mol. The van der Waals surface area contributed by atoms with Crippen molar-refractivity contribution < 1.29 is 28.2 Å². The van der Waals surface area contributed by atoms with Gasteiger partial charge in [0.15, 0.2) is 18.1 Å². The first kappa shape index (κ1) is 19.4. The molecule has 7 heteroatoms. The van der Waals surface area contributed by atoms with Crippen molar-refractivity contribution in [2.45, 2.75) is 13.5 Å². The van der Waals surface area contributed by atoms with Gasteiger partial charge >= 0.3 is 5.97 Å². The molecule has 1 heterocycles. The molecule has 1 amide bonds. The van der Waals surface area contributed by atoms with Gasteiger partial charge in [0.05, 0.1) is 0 Å². The van der Waals surface area contributed by atoms with Crippen molar-refractivity contribution in [1.82, 2.24) is 4.90 Å². The molecule has 0 aromatic heterocycles. The normalized spacial score (nSPS) is 12.2. The number of nitrogens with zero attached hydrogens (tertiary/aromatic N) is 1. The van der Waals surface area contributed by atoms with E-state index in [1.165, 1.54) is 23.1 Å². The highest BCUT2D eigenvalue weighted by molar-refractivity contribution is 5.89. The molecule has 0 aliphatic carbocycles. The summed E-state index contributed by atoms with van der Waals surface area (Å²) < 4.78 is 28.8. The van der Waals surface area contributed by atoms with Gasteiger partial charge in [-0.2, -0.15) is 0 Å². The third-order valence-electron chi connectivity index (χ3n) is 4.14. The van der Waals surface area contributed by atoms with Crippen molar-refractivity contribution in [1.29, 1.82) is 0 Å². The van der Waals surface area contributed by atoms with Gasteiger partial charge in [0.2, 0.25) is 6.79 Å². The highest BCUT2D eigenvalue weighted by Crippen LogP contribution is 2.32. The summed E-state index contributed by atoms with van der Waals surface area (Å²) in [6, 6.07) is 11.3. The van der Waals surface area contributed by atoms with Gasteiger partial charge in [-0.05, 0) is 48.4 Å². The maximum absolute atomic E-state index is 13.3. The first-order valence-corrected chi connectivity index (χ1v) is 8.82. The highest BCUT2D eigenvalue weighted by atomic mass is 19.1. The molecule has 3 rings (SSSR count). The van der Waals surface area contributed by atoms with Gasteiger partial charge in [-0.25, -0.2) is 9.18 Å². The van der Waals surface area contributed by atoms with Gasteiger partial charge in [-0.3, -0.25) is 4.79 Å². The van der Waals surface area contributed by atoms with E-state index in [1.54, 1.807) is 43.3 Å². The minimum Gasteiger partial charge on any atom is -0.454 e. The van der Waals surface area contributed by atoms with E-state index in [1.807, 2.05) is 0 Å². The average molecular weight is 385 g/mol. The van der Waals surface area contributed by atoms with Crippen molar-refractivity contribution in [2.75, 3.05) is 19.9 Å². The number of esters is 1. The lowest BCUT2D eigenvalue weighted by Crippen LogP contribution is -2.34. The second-order valence-corrected chi connectivity index (χ2v) is 6.09. The zero-order valence-corrected chi connectivity index (χ0v) is 15.4. The number of rotatable bonds is 7. The van der Waals surface area contributed by atoms with E-state index in [9.17, 15) is 14.0 Å². The Morgan fingerprint density at radius 2 is 2.00 bits per heavy atom. The van der Waals surface area contributed by atoms with Crippen LogP contribution in [0.3, 0.4) is 0 Å². The quantitative estimate of drug-likeness (QED) is 0.541. The van der Waals surface area contributed by atoms with Gasteiger partial charge in [-0.1, -0.05) is 18.2 Å². The van der Waals surface area contributed by atoms with Crippen LogP contribution in [0.5, 0.6) is 11.5 Å². The van der Waals surface area contributed by atoms with Gasteiger partial charge in [0, 0.05) is 19.2 Å². The summed E-state index contributed by atoms with van der Waals surface area (Å²) in [6.45, 7) is 2.26. The number of likely N-dealkylation sites (N-methyl/N-ethyl adjacent to an activating group) is 1. The Hall–Kier alpha value is -3.35. The average Bonchev–Trinajstić information content (AvgIpc) is 3.16. The lowest BCUT2D eigenvalue weighted by atomic mass is 10.2. The highest BCUT2D eigenvalue weighted by Gasteiger charge is 2.15. The number of carbonyl (C=O) groups excluding carboxylic acids is 2. The molecular formula is C21H20FNO5. The number of halogens is 1. The topological polar surface area (TPSA) is 65.1 Å². The Bertz CT molecular complexity index is 896. The molecule has 1 aliphatic heterocycles. The largest absolute Gasteiger partial charge is 0.454 e. The molecule has 0 spiro atoms. The maximum atomic E-state index is 13.3. The number of amides is 1. The summed E-state index contributed by atoms with van der Waals surface area (Å²) in [5.74, 6) is -0.0737. The first-order chi connectivity index (χ1) is 13.5. The lowest BCUT2D eigenvalue weighted by molar-refractivity contribution is -0.148. The van der Waals surface area contributed by atoms with Crippen LogP contribution in [0, 0.1) is 5.82 Å². The Kier molecular flexibility index (Phi) is 6.26. The molecule has 0 saturated heterocycles. The van der Waals surface area contributed by atoms with E-state index in [4.69, 9.17) is 14.2 Å².